The van der Waals surface area contributed by atoms with Crippen molar-refractivity contribution in [3.05, 3.63) is 64.1 Å². The Morgan fingerprint density at radius 2 is 1.83 bits per heavy atom. The fourth-order valence-electron chi connectivity index (χ4n) is 3.21. The molecule has 3 amide bonds. The minimum atomic E-state index is -0.524. The summed E-state index contributed by atoms with van der Waals surface area (Å²) in [6.07, 6.45) is 2.83. The number of benzene rings is 2. The second-order valence-electron chi connectivity index (χ2n) is 6.86. The van der Waals surface area contributed by atoms with Crippen molar-refractivity contribution in [2.24, 2.45) is 0 Å². The molecule has 1 aliphatic carbocycles. The molecule has 8 heteroatoms. The van der Waals surface area contributed by atoms with Crippen molar-refractivity contribution in [3.63, 3.8) is 0 Å². The van der Waals surface area contributed by atoms with Crippen LogP contribution in [0.15, 0.2) is 53.0 Å². The van der Waals surface area contributed by atoms with Crippen molar-refractivity contribution in [1.82, 2.24) is 10.6 Å². The number of anilines is 1. The molecule has 29 heavy (non-hydrogen) atoms. The lowest BCUT2D eigenvalue weighted by molar-refractivity contribution is -0.139. The van der Waals surface area contributed by atoms with Crippen LogP contribution in [-0.2, 0) is 15.1 Å². The van der Waals surface area contributed by atoms with Gasteiger partial charge in [-0.2, -0.15) is 0 Å². The van der Waals surface area contributed by atoms with Gasteiger partial charge in [-0.05, 0) is 61.2 Å². The molecule has 0 radical (unpaired) electrons. The largest absolute Gasteiger partial charge is 0.468 e. The van der Waals surface area contributed by atoms with E-state index < -0.39 is 11.9 Å². The molecule has 1 fully saturated rings. The number of hydrogen-bond acceptors (Lipinski definition) is 4. The average Bonchev–Trinajstić information content (AvgIpc) is 2.69. The van der Waals surface area contributed by atoms with E-state index in [-0.39, 0.29) is 18.1 Å². The zero-order chi connectivity index (χ0) is 20.9. The van der Waals surface area contributed by atoms with Gasteiger partial charge in [-0.3, -0.25) is 9.59 Å². The van der Waals surface area contributed by atoms with Crippen LogP contribution in [0.2, 0.25) is 0 Å². The van der Waals surface area contributed by atoms with Crippen LogP contribution in [0.5, 0.6) is 0 Å². The number of urea groups is 1. The number of carbonyl (C=O) groups excluding carboxylic acids is 3. The molecule has 0 heterocycles. The molecular weight excluding hydrogens is 438 g/mol. The van der Waals surface area contributed by atoms with Crippen LogP contribution in [0.25, 0.3) is 0 Å². The fourth-order valence-corrected chi connectivity index (χ4v) is 3.61. The maximum Gasteiger partial charge on any atom is 0.325 e. The Morgan fingerprint density at radius 3 is 2.41 bits per heavy atom. The van der Waals surface area contributed by atoms with Gasteiger partial charge >= 0.3 is 12.0 Å². The molecule has 0 bridgehead atoms. The second kappa shape index (κ2) is 9.09. The molecule has 2 aromatic carbocycles. The van der Waals surface area contributed by atoms with Crippen LogP contribution >= 0.6 is 15.9 Å². The molecule has 2 aromatic rings. The molecule has 1 aliphatic rings. The Hall–Kier alpha value is -2.87. The Balaban J connectivity index is 1.59. The Bertz CT molecular complexity index is 910. The van der Waals surface area contributed by atoms with Gasteiger partial charge in [-0.15, -0.1) is 0 Å². The Labute approximate surface area is 177 Å². The minimum Gasteiger partial charge on any atom is -0.468 e. The third-order valence-corrected chi connectivity index (χ3v) is 5.46. The summed E-state index contributed by atoms with van der Waals surface area (Å²) in [6, 6.07) is 14.1. The van der Waals surface area contributed by atoms with E-state index in [4.69, 9.17) is 0 Å². The molecule has 3 rings (SSSR count). The van der Waals surface area contributed by atoms with Crippen molar-refractivity contribution in [3.8, 4) is 0 Å². The van der Waals surface area contributed by atoms with Crippen LogP contribution in [0.4, 0.5) is 10.5 Å². The Kier molecular flexibility index (Phi) is 6.53. The van der Waals surface area contributed by atoms with E-state index >= 15 is 0 Å². The number of methoxy groups -OCH3 is 1. The third kappa shape index (κ3) is 5.14. The van der Waals surface area contributed by atoms with E-state index in [9.17, 15) is 14.4 Å². The van der Waals surface area contributed by atoms with E-state index in [1.165, 1.54) is 7.11 Å². The first kappa shape index (κ1) is 20.9. The standard InChI is InChI=1S/C21H22BrN3O4/c1-29-18(26)13-23-19(27)14-6-8-17(9-7-14)24-20(28)25-21(10-3-11-21)15-4-2-5-16(22)12-15/h2,4-9,12H,3,10-11,13H2,1H3,(H,23,27)(H2,24,25,28). The maximum absolute atomic E-state index is 12.5. The van der Waals surface area contributed by atoms with E-state index in [1.54, 1.807) is 24.3 Å². The third-order valence-electron chi connectivity index (χ3n) is 4.96. The molecule has 0 saturated heterocycles. The highest BCUT2D eigenvalue weighted by atomic mass is 79.9. The fraction of sp³-hybridized carbons (Fsp3) is 0.286. The number of amides is 3. The number of rotatable bonds is 6. The van der Waals surface area contributed by atoms with E-state index in [2.05, 4.69) is 36.6 Å². The normalized spacial score (nSPS) is 14.3. The van der Waals surface area contributed by atoms with Crippen LogP contribution in [0.3, 0.4) is 0 Å². The van der Waals surface area contributed by atoms with Crippen molar-refractivity contribution in [2.75, 3.05) is 19.0 Å². The lowest BCUT2D eigenvalue weighted by atomic mass is 9.72. The highest BCUT2D eigenvalue weighted by Crippen LogP contribution is 2.41. The number of carbonyl (C=O) groups is 3. The molecule has 1 saturated carbocycles. The highest BCUT2D eigenvalue weighted by Gasteiger charge is 2.40. The van der Waals surface area contributed by atoms with Gasteiger partial charge in [0, 0.05) is 15.7 Å². The van der Waals surface area contributed by atoms with Gasteiger partial charge in [0.2, 0.25) is 0 Å². The van der Waals surface area contributed by atoms with E-state index in [0.29, 0.717) is 11.3 Å². The van der Waals surface area contributed by atoms with Crippen molar-refractivity contribution < 1.29 is 19.1 Å². The molecule has 152 valence electrons. The summed E-state index contributed by atoms with van der Waals surface area (Å²) >= 11 is 3.48. The van der Waals surface area contributed by atoms with Gasteiger partial charge in [0.1, 0.15) is 6.54 Å². The molecule has 0 atom stereocenters. The van der Waals surface area contributed by atoms with E-state index in [1.807, 2.05) is 24.3 Å². The summed E-state index contributed by atoms with van der Waals surface area (Å²) in [7, 11) is 1.25. The quantitative estimate of drug-likeness (QED) is 0.575. The molecule has 0 aromatic heterocycles. The number of esters is 1. The summed E-state index contributed by atoms with van der Waals surface area (Å²) < 4.78 is 5.46. The van der Waals surface area contributed by atoms with Gasteiger partial charge in [0.05, 0.1) is 12.6 Å². The number of nitrogens with one attached hydrogen (secondary N) is 3. The zero-order valence-electron chi connectivity index (χ0n) is 16.0. The molecule has 0 spiro atoms. The Morgan fingerprint density at radius 1 is 1.10 bits per heavy atom. The topological polar surface area (TPSA) is 96.5 Å². The van der Waals surface area contributed by atoms with Gasteiger partial charge in [0.15, 0.2) is 0 Å². The van der Waals surface area contributed by atoms with Crippen molar-refractivity contribution >= 4 is 39.5 Å². The number of ether oxygens (including phenoxy) is 1. The molecule has 3 N–H and O–H groups in total. The van der Waals surface area contributed by atoms with Gasteiger partial charge in [-0.1, -0.05) is 28.1 Å². The van der Waals surface area contributed by atoms with Crippen LogP contribution in [0.1, 0.15) is 35.2 Å². The SMILES string of the molecule is COC(=O)CNC(=O)c1ccc(NC(=O)NC2(c3cccc(Br)c3)CCC2)cc1. The predicted octanol–water partition coefficient (Wildman–Crippen LogP) is 3.55. The number of hydrogen-bond donors (Lipinski definition) is 3. The number of halogens is 1. The van der Waals surface area contributed by atoms with Gasteiger partial charge in [-0.25, -0.2) is 4.79 Å². The van der Waals surface area contributed by atoms with Crippen molar-refractivity contribution in [2.45, 2.75) is 24.8 Å². The smallest absolute Gasteiger partial charge is 0.325 e. The molecule has 7 nitrogen and oxygen atoms in total. The maximum atomic E-state index is 12.5. The van der Waals surface area contributed by atoms with E-state index in [0.717, 1.165) is 29.3 Å². The summed E-state index contributed by atoms with van der Waals surface area (Å²) in [5, 5.41) is 8.37. The van der Waals surface area contributed by atoms with Crippen LogP contribution < -0.4 is 16.0 Å². The van der Waals surface area contributed by atoms with Gasteiger partial charge < -0.3 is 20.7 Å². The highest BCUT2D eigenvalue weighted by molar-refractivity contribution is 9.10. The summed E-state index contributed by atoms with van der Waals surface area (Å²) in [5.74, 6) is -0.918. The van der Waals surface area contributed by atoms with Crippen LogP contribution in [-0.4, -0.2) is 31.6 Å². The lowest BCUT2D eigenvalue weighted by Crippen LogP contribution is -2.52. The first-order valence-electron chi connectivity index (χ1n) is 9.22. The predicted molar refractivity (Wildman–Crippen MR) is 113 cm³/mol. The molecule has 0 aliphatic heterocycles. The summed E-state index contributed by atoms with van der Waals surface area (Å²) in [5.41, 5.74) is 1.66. The summed E-state index contributed by atoms with van der Waals surface area (Å²) in [6.45, 7) is -0.199. The molecular formula is C21H22BrN3O4. The zero-order valence-corrected chi connectivity index (χ0v) is 17.5. The summed E-state index contributed by atoms with van der Waals surface area (Å²) in [4.78, 5) is 35.6. The first-order chi connectivity index (χ1) is 13.9. The first-order valence-corrected chi connectivity index (χ1v) is 10.0. The minimum absolute atomic E-state index is 0.199. The monoisotopic (exact) mass is 459 g/mol. The molecule has 0 unspecified atom stereocenters. The van der Waals surface area contributed by atoms with Crippen molar-refractivity contribution in [1.29, 1.82) is 0 Å². The average molecular weight is 460 g/mol. The van der Waals surface area contributed by atoms with Gasteiger partial charge in [0.25, 0.3) is 5.91 Å². The second-order valence-corrected chi connectivity index (χ2v) is 7.78. The van der Waals surface area contributed by atoms with Crippen LogP contribution in [0, 0.1) is 0 Å². The lowest BCUT2D eigenvalue weighted by Gasteiger charge is -2.43.